The lowest BCUT2D eigenvalue weighted by molar-refractivity contribution is -0.147. The van der Waals surface area contributed by atoms with E-state index in [1.807, 2.05) is 31.2 Å². The van der Waals surface area contributed by atoms with Crippen LogP contribution in [-0.2, 0) is 19.1 Å². The van der Waals surface area contributed by atoms with Crippen molar-refractivity contribution < 1.29 is 28.6 Å². The van der Waals surface area contributed by atoms with Crippen LogP contribution in [0.5, 0.6) is 17.2 Å². The molecule has 8 nitrogen and oxygen atoms in total. The second kappa shape index (κ2) is 12.1. The Labute approximate surface area is 197 Å². The van der Waals surface area contributed by atoms with Gasteiger partial charge < -0.3 is 24.8 Å². The number of carbonyl (C=O) groups is 3. The molecule has 176 valence electrons. The van der Waals surface area contributed by atoms with Crippen LogP contribution in [0.3, 0.4) is 0 Å². The number of amides is 2. The van der Waals surface area contributed by atoms with E-state index < -0.39 is 18.5 Å². The molecule has 0 atom stereocenters. The van der Waals surface area contributed by atoms with Crippen LogP contribution in [0.2, 0.25) is 0 Å². The van der Waals surface area contributed by atoms with Gasteiger partial charge in [0.05, 0.1) is 13.5 Å². The van der Waals surface area contributed by atoms with Crippen molar-refractivity contribution in [2.45, 2.75) is 19.8 Å². The molecule has 2 N–H and O–H groups in total. The molecule has 0 aliphatic heterocycles. The van der Waals surface area contributed by atoms with Gasteiger partial charge in [-0.3, -0.25) is 14.4 Å². The summed E-state index contributed by atoms with van der Waals surface area (Å²) in [5.41, 5.74) is 2.18. The highest BCUT2D eigenvalue weighted by Gasteiger charge is 2.11. The molecule has 0 unspecified atom stereocenters. The topological polar surface area (TPSA) is 103 Å². The van der Waals surface area contributed by atoms with Crippen molar-refractivity contribution in [3.8, 4) is 17.2 Å². The van der Waals surface area contributed by atoms with Gasteiger partial charge in [0.1, 0.15) is 5.75 Å². The molecule has 0 saturated heterocycles. The summed E-state index contributed by atoms with van der Waals surface area (Å²) in [6.07, 6.45) is -0.212. The first-order valence-electron chi connectivity index (χ1n) is 10.7. The fraction of sp³-hybridized carbons (Fsp3) is 0.192. The molecule has 3 aromatic rings. The van der Waals surface area contributed by atoms with Gasteiger partial charge in [-0.1, -0.05) is 24.3 Å². The van der Waals surface area contributed by atoms with Crippen molar-refractivity contribution in [2.75, 3.05) is 24.4 Å². The average Bonchev–Trinajstić information content (AvgIpc) is 2.83. The lowest BCUT2D eigenvalue weighted by Crippen LogP contribution is -2.21. The quantitative estimate of drug-likeness (QED) is 0.424. The molecule has 0 aliphatic carbocycles. The zero-order valence-electron chi connectivity index (χ0n) is 19.0. The van der Waals surface area contributed by atoms with E-state index in [0.29, 0.717) is 28.6 Å². The minimum absolute atomic E-state index is 0.0716. The number of anilines is 2. The van der Waals surface area contributed by atoms with Gasteiger partial charge in [-0.25, -0.2) is 0 Å². The van der Waals surface area contributed by atoms with Crippen LogP contribution in [0.15, 0.2) is 72.8 Å². The largest absolute Gasteiger partial charge is 0.493 e. The average molecular weight is 463 g/mol. The van der Waals surface area contributed by atoms with E-state index in [4.69, 9.17) is 14.2 Å². The maximum atomic E-state index is 12.1. The van der Waals surface area contributed by atoms with Crippen molar-refractivity contribution in [2.24, 2.45) is 0 Å². The van der Waals surface area contributed by atoms with Gasteiger partial charge in [0, 0.05) is 17.8 Å². The minimum Gasteiger partial charge on any atom is -0.493 e. The van der Waals surface area contributed by atoms with Crippen molar-refractivity contribution in [3.63, 3.8) is 0 Å². The van der Waals surface area contributed by atoms with E-state index in [9.17, 15) is 14.4 Å². The summed E-state index contributed by atoms with van der Waals surface area (Å²) in [4.78, 5) is 35.9. The number of benzene rings is 3. The zero-order valence-corrected chi connectivity index (χ0v) is 19.0. The lowest BCUT2D eigenvalue weighted by Gasteiger charge is -2.11. The minimum atomic E-state index is -0.630. The summed E-state index contributed by atoms with van der Waals surface area (Å²) in [5, 5.41) is 5.36. The highest BCUT2D eigenvalue weighted by atomic mass is 16.5. The number of para-hydroxylation sites is 2. The van der Waals surface area contributed by atoms with Crippen molar-refractivity contribution in [3.05, 3.63) is 78.4 Å². The number of aryl methyl sites for hydroxylation is 1. The summed E-state index contributed by atoms with van der Waals surface area (Å²) in [6, 6.07) is 21.4. The predicted molar refractivity (Wildman–Crippen MR) is 128 cm³/mol. The molecule has 3 aromatic carbocycles. The van der Waals surface area contributed by atoms with Gasteiger partial charge in [-0.2, -0.15) is 0 Å². The summed E-state index contributed by atoms with van der Waals surface area (Å²) >= 11 is 0. The van der Waals surface area contributed by atoms with Crippen LogP contribution >= 0.6 is 0 Å². The Balaban J connectivity index is 1.38. The van der Waals surface area contributed by atoms with Gasteiger partial charge in [0.15, 0.2) is 18.1 Å². The van der Waals surface area contributed by atoms with Crippen LogP contribution < -0.4 is 20.1 Å². The standard InChI is InChI=1S/C26H26N2O6/c1-18-6-5-7-20(16-18)28-25(30)17-33-26(31)15-14-24(29)27-19-10-12-21(13-11-19)34-23-9-4-3-8-22(23)32-2/h3-13,16H,14-15,17H2,1-2H3,(H,27,29)(H,28,30). The number of methoxy groups -OCH3 is 1. The summed E-state index contributed by atoms with van der Waals surface area (Å²) in [7, 11) is 1.57. The zero-order chi connectivity index (χ0) is 24.3. The van der Waals surface area contributed by atoms with Crippen LogP contribution in [0.25, 0.3) is 0 Å². The molecule has 0 bridgehead atoms. The third-order valence-corrected chi connectivity index (χ3v) is 4.66. The van der Waals surface area contributed by atoms with E-state index in [-0.39, 0.29) is 18.7 Å². The Bertz CT molecular complexity index is 1140. The Hall–Kier alpha value is -4.33. The molecule has 3 rings (SSSR count). The summed E-state index contributed by atoms with van der Waals surface area (Å²) < 4.78 is 16.0. The first-order valence-corrected chi connectivity index (χ1v) is 10.7. The molecule has 8 heteroatoms. The molecule has 0 aliphatic rings. The van der Waals surface area contributed by atoms with E-state index in [1.54, 1.807) is 55.6 Å². The second-order valence-electron chi connectivity index (χ2n) is 7.40. The molecular weight excluding hydrogens is 436 g/mol. The maximum Gasteiger partial charge on any atom is 0.306 e. The Kier molecular flexibility index (Phi) is 8.62. The number of rotatable bonds is 10. The summed E-state index contributed by atoms with van der Waals surface area (Å²) in [5.74, 6) is 0.343. The Morgan fingerprint density at radius 1 is 0.765 bits per heavy atom. The molecule has 0 heterocycles. The number of esters is 1. The Morgan fingerprint density at radius 3 is 2.18 bits per heavy atom. The SMILES string of the molecule is COc1ccccc1Oc1ccc(NC(=O)CCC(=O)OCC(=O)Nc2cccc(C)c2)cc1. The third kappa shape index (κ3) is 7.67. The smallest absolute Gasteiger partial charge is 0.306 e. The number of hydrogen-bond acceptors (Lipinski definition) is 6. The molecule has 2 amide bonds. The summed E-state index contributed by atoms with van der Waals surface area (Å²) in [6.45, 7) is 1.49. The third-order valence-electron chi connectivity index (χ3n) is 4.66. The molecule has 0 spiro atoms. The van der Waals surface area contributed by atoms with Crippen LogP contribution in [0.1, 0.15) is 18.4 Å². The van der Waals surface area contributed by atoms with Crippen LogP contribution in [-0.4, -0.2) is 31.5 Å². The van der Waals surface area contributed by atoms with Gasteiger partial charge in [0.25, 0.3) is 5.91 Å². The molecular formula is C26H26N2O6. The van der Waals surface area contributed by atoms with Gasteiger partial charge in [-0.15, -0.1) is 0 Å². The molecule has 34 heavy (non-hydrogen) atoms. The number of carbonyl (C=O) groups excluding carboxylic acids is 3. The van der Waals surface area contributed by atoms with Gasteiger partial charge in [-0.05, 0) is 61.0 Å². The van der Waals surface area contributed by atoms with E-state index in [2.05, 4.69) is 10.6 Å². The number of hydrogen-bond donors (Lipinski definition) is 2. The highest BCUT2D eigenvalue weighted by Crippen LogP contribution is 2.31. The molecule has 0 radical (unpaired) electrons. The van der Waals surface area contributed by atoms with Gasteiger partial charge in [0.2, 0.25) is 5.91 Å². The van der Waals surface area contributed by atoms with E-state index in [0.717, 1.165) is 5.56 Å². The second-order valence-corrected chi connectivity index (χ2v) is 7.40. The molecule has 0 fully saturated rings. The van der Waals surface area contributed by atoms with Crippen molar-refractivity contribution >= 4 is 29.2 Å². The van der Waals surface area contributed by atoms with Crippen LogP contribution in [0, 0.1) is 6.92 Å². The highest BCUT2D eigenvalue weighted by molar-refractivity contribution is 5.94. The van der Waals surface area contributed by atoms with Crippen molar-refractivity contribution in [1.29, 1.82) is 0 Å². The maximum absolute atomic E-state index is 12.1. The van der Waals surface area contributed by atoms with E-state index in [1.165, 1.54) is 0 Å². The lowest BCUT2D eigenvalue weighted by atomic mass is 10.2. The first kappa shape index (κ1) is 24.3. The fourth-order valence-corrected chi connectivity index (χ4v) is 3.01. The van der Waals surface area contributed by atoms with E-state index >= 15 is 0 Å². The normalized spacial score (nSPS) is 10.2. The predicted octanol–water partition coefficient (Wildman–Crippen LogP) is 4.70. The van der Waals surface area contributed by atoms with Gasteiger partial charge >= 0.3 is 5.97 Å². The fourth-order valence-electron chi connectivity index (χ4n) is 3.01. The van der Waals surface area contributed by atoms with Crippen molar-refractivity contribution in [1.82, 2.24) is 0 Å². The molecule has 0 aromatic heterocycles. The number of nitrogens with one attached hydrogen (secondary N) is 2. The number of ether oxygens (including phenoxy) is 3. The van der Waals surface area contributed by atoms with Crippen LogP contribution in [0.4, 0.5) is 11.4 Å². The monoisotopic (exact) mass is 462 g/mol. The molecule has 0 saturated carbocycles. The Morgan fingerprint density at radius 2 is 1.47 bits per heavy atom. The first-order chi connectivity index (χ1) is 16.4.